The Morgan fingerprint density at radius 2 is 1.78 bits per heavy atom. The Kier molecular flexibility index (Phi) is 6.87. The normalized spacial score (nSPS) is 10.1. The van der Waals surface area contributed by atoms with Crippen LogP contribution in [0.25, 0.3) is 0 Å². The van der Waals surface area contributed by atoms with E-state index in [0.717, 1.165) is 11.3 Å². The molecule has 0 saturated heterocycles. The van der Waals surface area contributed by atoms with Gasteiger partial charge in [-0.15, -0.1) is 0 Å². The van der Waals surface area contributed by atoms with E-state index < -0.39 is 23.4 Å². The maximum Gasteiger partial charge on any atom is 0.345 e. The van der Waals surface area contributed by atoms with Crippen LogP contribution in [0, 0.1) is 10.1 Å². The fraction of sp³-hybridized carbons (Fsp3) is 0.263. The maximum absolute atomic E-state index is 12.2. The first-order valence-corrected chi connectivity index (χ1v) is 8.28. The van der Waals surface area contributed by atoms with E-state index in [1.54, 1.807) is 7.05 Å². The zero-order chi connectivity index (χ0) is 19.8. The molecule has 8 nitrogen and oxygen atoms in total. The molecule has 0 fully saturated rings. The van der Waals surface area contributed by atoms with Crippen molar-refractivity contribution in [1.29, 1.82) is 0 Å². The Morgan fingerprint density at radius 3 is 2.41 bits per heavy atom. The van der Waals surface area contributed by atoms with E-state index >= 15 is 0 Å². The Labute approximate surface area is 156 Å². The molecule has 0 aliphatic heterocycles. The average Bonchev–Trinajstić information content (AvgIpc) is 2.67. The molecule has 2 rings (SSSR count). The summed E-state index contributed by atoms with van der Waals surface area (Å²) in [5.74, 6) is -0.588. The summed E-state index contributed by atoms with van der Waals surface area (Å²) < 4.78 is 10.3. The van der Waals surface area contributed by atoms with Gasteiger partial charge in [-0.2, -0.15) is 0 Å². The molecule has 0 saturated carbocycles. The van der Waals surface area contributed by atoms with Crippen molar-refractivity contribution < 1.29 is 24.0 Å². The van der Waals surface area contributed by atoms with Crippen molar-refractivity contribution in [3.05, 3.63) is 69.8 Å². The second kappa shape index (κ2) is 9.33. The number of hydrogen-bond acceptors (Lipinski definition) is 6. The molecule has 27 heavy (non-hydrogen) atoms. The molecule has 1 amide bonds. The molecule has 0 aromatic heterocycles. The molecule has 8 heteroatoms. The van der Waals surface area contributed by atoms with Gasteiger partial charge >= 0.3 is 5.97 Å². The SMILES string of the molecule is CCOc1ccc(CN(C)C(=O)COC(=O)c2ccccc2[N+](=O)[O-])cc1. The van der Waals surface area contributed by atoms with Gasteiger partial charge < -0.3 is 14.4 Å². The topological polar surface area (TPSA) is 99.0 Å². The van der Waals surface area contributed by atoms with Crippen LogP contribution in [0.2, 0.25) is 0 Å². The molecule has 0 aliphatic rings. The van der Waals surface area contributed by atoms with Crippen LogP contribution in [-0.4, -0.2) is 42.0 Å². The molecule has 0 N–H and O–H groups in total. The standard InChI is InChI=1S/C19H20N2O6/c1-3-26-15-10-8-14(9-11-15)12-20(2)18(22)13-27-19(23)16-6-4-5-7-17(16)21(24)25/h4-11H,3,12-13H2,1-2H3. The molecular weight excluding hydrogens is 352 g/mol. The van der Waals surface area contributed by atoms with Gasteiger partial charge in [-0.25, -0.2) is 4.79 Å². The van der Waals surface area contributed by atoms with Crippen molar-refractivity contribution in [2.45, 2.75) is 13.5 Å². The highest BCUT2D eigenvalue weighted by molar-refractivity contribution is 5.95. The number of carbonyl (C=O) groups excluding carboxylic acids is 2. The van der Waals surface area contributed by atoms with Crippen molar-refractivity contribution >= 4 is 17.6 Å². The molecule has 0 atom stereocenters. The zero-order valence-electron chi connectivity index (χ0n) is 15.1. The molecular formula is C19H20N2O6. The largest absolute Gasteiger partial charge is 0.494 e. The van der Waals surface area contributed by atoms with Crippen LogP contribution in [0.1, 0.15) is 22.8 Å². The highest BCUT2D eigenvalue weighted by Gasteiger charge is 2.22. The van der Waals surface area contributed by atoms with Crippen LogP contribution in [0.3, 0.4) is 0 Å². The number of para-hydroxylation sites is 1. The quantitative estimate of drug-likeness (QED) is 0.401. The van der Waals surface area contributed by atoms with Crippen LogP contribution in [-0.2, 0) is 16.1 Å². The molecule has 0 unspecified atom stereocenters. The summed E-state index contributed by atoms with van der Waals surface area (Å²) in [6, 6.07) is 12.7. The van der Waals surface area contributed by atoms with Gasteiger partial charge in [-0.3, -0.25) is 14.9 Å². The fourth-order valence-corrected chi connectivity index (χ4v) is 2.34. The predicted octanol–water partition coefficient (Wildman–Crippen LogP) is 2.81. The fourth-order valence-electron chi connectivity index (χ4n) is 2.34. The second-order valence-electron chi connectivity index (χ2n) is 5.68. The minimum absolute atomic E-state index is 0.190. The summed E-state index contributed by atoms with van der Waals surface area (Å²) in [6.07, 6.45) is 0. The number of nitrogens with zero attached hydrogens (tertiary/aromatic N) is 2. The highest BCUT2D eigenvalue weighted by atomic mass is 16.6. The lowest BCUT2D eigenvalue weighted by molar-refractivity contribution is -0.385. The molecule has 0 heterocycles. The van der Waals surface area contributed by atoms with Crippen LogP contribution in [0.5, 0.6) is 5.75 Å². The van der Waals surface area contributed by atoms with Gasteiger partial charge in [0.05, 0.1) is 11.5 Å². The first kappa shape index (κ1) is 19.9. The number of benzene rings is 2. The smallest absolute Gasteiger partial charge is 0.345 e. The lowest BCUT2D eigenvalue weighted by Crippen LogP contribution is -2.30. The number of nitro groups is 1. The van der Waals surface area contributed by atoms with Crippen molar-refractivity contribution in [3.8, 4) is 5.75 Å². The number of nitro benzene ring substituents is 1. The Morgan fingerprint density at radius 1 is 1.11 bits per heavy atom. The van der Waals surface area contributed by atoms with E-state index in [4.69, 9.17) is 9.47 Å². The predicted molar refractivity (Wildman–Crippen MR) is 97.5 cm³/mol. The lowest BCUT2D eigenvalue weighted by Gasteiger charge is -2.17. The van der Waals surface area contributed by atoms with Crippen LogP contribution in [0.4, 0.5) is 5.69 Å². The molecule has 2 aromatic carbocycles. The van der Waals surface area contributed by atoms with E-state index in [2.05, 4.69) is 0 Å². The van der Waals surface area contributed by atoms with E-state index in [1.807, 2.05) is 31.2 Å². The summed E-state index contributed by atoms with van der Waals surface area (Å²) in [5, 5.41) is 11.0. The lowest BCUT2D eigenvalue weighted by atomic mass is 10.2. The summed E-state index contributed by atoms with van der Waals surface area (Å²) in [5.41, 5.74) is 0.335. The number of rotatable bonds is 8. The molecule has 0 aliphatic carbocycles. The van der Waals surface area contributed by atoms with Gasteiger partial charge in [-0.05, 0) is 30.7 Å². The number of carbonyl (C=O) groups is 2. The maximum atomic E-state index is 12.2. The number of hydrogen-bond donors (Lipinski definition) is 0. The molecule has 0 spiro atoms. The van der Waals surface area contributed by atoms with Gasteiger partial charge in [0, 0.05) is 19.7 Å². The van der Waals surface area contributed by atoms with E-state index in [1.165, 1.54) is 29.2 Å². The summed E-state index contributed by atoms with van der Waals surface area (Å²) in [4.78, 5) is 35.9. The van der Waals surface area contributed by atoms with E-state index in [9.17, 15) is 19.7 Å². The van der Waals surface area contributed by atoms with Crippen molar-refractivity contribution in [3.63, 3.8) is 0 Å². The Bertz CT molecular complexity index is 819. The van der Waals surface area contributed by atoms with Gasteiger partial charge in [0.15, 0.2) is 6.61 Å². The van der Waals surface area contributed by atoms with Crippen LogP contribution in [0.15, 0.2) is 48.5 Å². The van der Waals surface area contributed by atoms with E-state index in [0.29, 0.717) is 13.2 Å². The Hall–Kier alpha value is -3.42. The van der Waals surface area contributed by atoms with E-state index in [-0.39, 0.29) is 11.3 Å². The van der Waals surface area contributed by atoms with Crippen molar-refractivity contribution in [2.75, 3.05) is 20.3 Å². The number of ether oxygens (including phenoxy) is 2. The number of esters is 1. The number of amides is 1. The minimum atomic E-state index is -0.912. The number of likely N-dealkylation sites (N-methyl/N-ethyl adjacent to an activating group) is 1. The minimum Gasteiger partial charge on any atom is -0.494 e. The van der Waals surface area contributed by atoms with Crippen molar-refractivity contribution in [1.82, 2.24) is 4.90 Å². The third-order valence-corrected chi connectivity index (χ3v) is 3.73. The third kappa shape index (κ3) is 5.53. The van der Waals surface area contributed by atoms with Crippen LogP contribution >= 0.6 is 0 Å². The van der Waals surface area contributed by atoms with Gasteiger partial charge in [0.1, 0.15) is 11.3 Å². The molecule has 0 radical (unpaired) electrons. The highest BCUT2D eigenvalue weighted by Crippen LogP contribution is 2.18. The molecule has 0 bridgehead atoms. The zero-order valence-corrected chi connectivity index (χ0v) is 15.1. The summed E-state index contributed by atoms with van der Waals surface area (Å²) in [7, 11) is 1.58. The van der Waals surface area contributed by atoms with Crippen molar-refractivity contribution in [2.24, 2.45) is 0 Å². The monoisotopic (exact) mass is 372 g/mol. The molecule has 2 aromatic rings. The Balaban J connectivity index is 1.91. The second-order valence-corrected chi connectivity index (χ2v) is 5.68. The average molecular weight is 372 g/mol. The summed E-state index contributed by atoms with van der Waals surface area (Å²) in [6.45, 7) is 2.29. The van der Waals surface area contributed by atoms with Gasteiger partial charge in [-0.1, -0.05) is 24.3 Å². The summed E-state index contributed by atoms with van der Waals surface area (Å²) >= 11 is 0. The van der Waals surface area contributed by atoms with Gasteiger partial charge in [0.2, 0.25) is 0 Å². The first-order valence-electron chi connectivity index (χ1n) is 8.28. The van der Waals surface area contributed by atoms with Gasteiger partial charge in [0.25, 0.3) is 11.6 Å². The third-order valence-electron chi connectivity index (χ3n) is 3.73. The molecule has 142 valence electrons. The van der Waals surface area contributed by atoms with Crippen LogP contribution < -0.4 is 4.74 Å². The first-order chi connectivity index (χ1) is 12.9.